The molecular formula is C24H32BrN. The van der Waals surface area contributed by atoms with E-state index in [9.17, 15) is 0 Å². The second-order valence-electron chi connectivity index (χ2n) is 10.1. The summed E-state index contributed by atoms with van der Waals surface area (Å²) in [5, 5.41) is 3.62. The van der Waals surface area contributed by atoms with Gasteiger partial charge < -0.3 is 5.32 Å². The van der Waals surface area contributed by atoms with Crippen LogP contribution in [0.5, 0.6) is 0 Å². The van der Waals surface area contributed by atoms with E-state index in [-0.39, 0.29) is 16.2 Å². The average Bonchev–Trinajstić information content (AvgIpc) is 2.53. The number of rotatable bonds is 2. The molecule has 0 unspecified atom stereocenters. The molecule has 0 saturated heterocycles. The molecule has 0 saturated carbocycles. The summed E-state index contributed by atoms with van der Waals surface area (Å²) in [5.74, 6) is 0. The van der Waals surface area contributed by atoms with Crippen molar-refractivity contribution >= 4 is 27.3 Å². The topological polar surface area (TPSA) is 12.0 Å². The summed E-state index contributed by atoms with van der Waals surface area (Å²) in [6.07, 6.45) is 2.47. The highest BCUT2D eigenvalue weighted by atomic mass is 79.9. The van der Waals surface area contributed by atoms with Crippen molar-refractivity contribution in [2.45, 2.75) is 77.6 Å². The summed E-state index contributed by atoms with van der Waals surface area (Å²) in [6, 6.07) is 13.5. The number of hydrogen-bond acceptors (Lipinski definition) is 1. The van der Waals surface area contributed by atoms with Crippen molar-refractivity contribution in [3.05, 3.63) is 57.6 Å². The highest BCUT2D eigenvalue weighted by molar-refractivity contribution is 9.10. The van der Waals surface area contributed by atoms with E-state index < -0.39 is 0 Å². The van der Waals surface area contributed by atoms with Gasteiger partial charge in [-0.3, -0.25) is 0 Å². The number of anilines is 2. The third-order valence-electron chi connectivity index (χ3n) is 5.97. The molecule has 1 nitrogen and oxygen atoms in total. The van der Waals surface area contributed by atoms with Gasteiger partial charge in [-0.2, -0.15) is 0 Å². The SMILES string of the molecule is CC(C)(C)c1ccc(Nc2cc3c(cc2Br)C(C)(C)CCC3(C)C)cc1. The summed E-state index contributed by atoms with van der Waals surface area (Å²) >= 11 is 3.81. The van der Waals surface area contributed by atoms with Gasteiger partial charge in [-0.25, -0.2) is 0 Å². The fourth-order valence-corrected chi connectivity index (χ4v) is 4.33. The van der Waals surface area contributed by atoms with E-state index in [4.69, 9.17) is 0 Å². The van der Waals surface area contributed by atoms with Crippen molar-refractivity contribution in [3.63, 3.8) is 0 Å². The predicted molar refractivity (Wildman–Crippen MR) is 118 cm³/mol. The van der Waals surface area contributed by atoms with Gasteiger partial charge in [0.25, 0.3) is 0 Å². The maximum atomic E-state index is 3.81. The number of fused-ring (bicyclic) bond motifs is 1. The predicted octanol–water partition coefficient (Wildman–Crippen LogP) is 7.84. The van der Waals surface area contributed by atoms with E-state index in [1.165, 1.54) is 29.5 Å². The minimum Gasteiger partial charge on any atom is -0.355 e. The van der Waals surface area contributed by atoms with Gasteiger partial charge in [0.2, 0.25) is 0 Å². The fourth-order valence-electron chi connectivity index (χ4n) is 3.89. The molecule has 0 radical (unpaired) electrons. The highest BCUT2D eigenvalue weighted by Gasteiger charge is 2.37. The third kappa shape index (κ3) is 3.71. The lowest BCUT2D eigenvalue weighted by molar-refractivity contribution is 0.332. The largest absolute Gasteiger partial charge is 0.355 e. The standard InChI is InChI=1S/C24H32BrN/c1-22(2,3)16-8-10-17(11-9-16)26-21-15-19-18(14-20(21)25)23(4,5)12-13-24(19,6)7/h8-11,14-15,26H,12-13H2,1-7H3. The Morgan fingerprint density at radius 1 is 0.846 bits per heavy atom. The first-order valence-electron chi connectivity index (χ1n) is 9.62. The molecule has 0 amide bonds. The summed E-state index contributed by atoms with van der Waals surface area (Å²) in [5.41, 5.74) is 7.24. The lowest BCUT2D eigenvalue weighted by Crippen LogP contribution is -2.33. The van der Waals surface area contributed by atoms with Crippen LogP contribution in [0, 0.1) is 0 Å². The molecule has 26 heavy (non-hydrogen) atoms. The molecule has 0 fully saturated rings. The van der Waals surface area contributed by atoms with E-state index in [0.29, 0.717) is 0 Å². The molecule has 0 atom stereocenters. The molecule has 1 aliphatic rings. The zero-order valence-electron chi connectivity index (χ0n) is 17.3. The minimum atomic E-state index is 0.181. The maximum Gasteiger partial charge on any atom is 0.0531 e. The first kappa shape index (κ1) is 19.5. The first-order chi connectivity index (χ1) is 11.9. The monoisotopic (exact) mass is 413 g/mol. The van der Waals surface area contributed by atoms with Crippen LogP contribution in [0.25, 0.3) is 0 Å². The van der Waals surface area contributed by atoms with Crippen molar-refractivity contribution < 1.29 is 0 Å². The summed E-state index contributed by atoms with van der Waals surface area (Å²) in [4.78, 5) is 0. The zero-order chi connectivity index (χ0) is 19.3. The van der Waals surface area contributed by atoms with Crippen molar-refractivity contribution in [2.75, 3.05) is 5.32 Å². The molecular weight excluding hydrogens is 382 g/mol. The maximum absolute atomic E-state index is 3.81. The van der Waals surface area contributed by atoms with Gasteiger partial charge in [-0.1, -0.05) is 60.6 Å². The normalized spacial score (nSPS) is 18.3. The van der Waals surface area contributed by atoms with Crippen LogP contribution >= 0.6 is 15.9 Å². The number of halogens is 1. The molecule has 0 heterocycles. The molecule has 2 aromatic carbocycles. The molecule has 3 rings (SSSR count). The van der Waals surface area contributed by atoms with Crippen LogP contribution in [-0.4, -0.2) is 0 Å². The van der Waals surface area contributed by atoms with E-state index in [2.05, 4.69) is 106 Å². The van der Waals surface area contributed by atoms with Crippen molar-refractivity contribution in [2.24, 2.45) is 0 Å². The van der Waals surface area contributed by atoms with E-state index in [1.807, 2.05) is 0 Å². The first-order valence-corrected chi connectivity index (χ1v) is 10.4. The molecule has 2 aromatic rings. The van der Waals surface area contributed by atoms with Crippen LogP contribution in [0.3, 0.4) is 0 Å². The second-order valence-corrected chi connectivity index (χ2v) is 11.0. The Morgan fingerprint density at radius 3 is 1.85 bits per heavy atom. The second kappa shape index (κ2) is 6.41. The van der Waals surface area contributed by atoms with E-state index in [0.717, 1.165) is 15.8 Å². The van der Waals surface area contributed by atoms with Crippen molar-refractivity contribution in [1.29, 1.82) is 0 Å². The van der Waals surface area contributed by atoms with Crippen LogP contribution in [0.1, 0.15) is 78.0 Å². The molecule has 0 aliphatic heterocycles. The van der Waals surface area contributed by atoms with E-state index >= 15 is 0 Å². The van der Waals surface area contributed by atoms with Gasteiger partial charge in [0.15, 0.2) is 0 Å². The molecule has 0 spiro atoms. The van der Waals surface area contributed by atoms with Gasteiger partial charge in [-0.15, -0.1) is 0 Å². The van der Waals surface area contributed by atoms with Crippen LogP contribution in [0.2, 0.25) is 0 Å². The Balaban J connectivity index is 1.97. The Kier molecular flexibility index (Phi) is 4.80. The van der Waals surface area contributed by atoms with Gasteiger partial charge >= 0.3 is 0 Å². The van der Waals surface area contributed by atoms with Gasteiger partial charge in [0.05, 0.1) is 5.69 Å². The van der Waals surface area contributed by atoms with Crippen LogP contribution in [-0.2, 0) is 16.2 Å². The van der Waals surface area contributed by atoms with Crippen LogP contribution < -0.4 is 5.32 Å². The molecule has 1 aliphatic carbocycles. The third-order valence-corrected chi connectivity index (χ3v) is 6.63. The van der Waals surface area contributed by atoms with E-state index in [1.54, 1.807) is 0 Å². The van der Waals surface area contributed by atoms with Gasteiger partial charge in [-0.05, 0) is 86.0 Å². The summed E-state index contributed by atoms with van der Waals surface area (Å²) < 4.78 is 1.14. The van der Waals surface area contributed by atoms with Crippen molar-refractivity contribution in [1.82, 2.24) is 0 Å². The Hall–Kier alpha value is -1.28. The van der Waals surface area contributed by atoms with Crippen LogP contribution in [0.4, 0.5) is 11.4 Å². The zero-order valence-corrected chi connectivity index (χ0v) is 18.8. The minimum absolute atomic E-state index is 0.181. The van der Waals surface area contributed by atoms with Crippen LogP contribution in [0.15, 0.2) is 40.9 Å². The molecule has 0 aromatic heterocycles. The van der Waals surface area contributed by atoms with Gasteiger partial charge in [0, 0.05) is 10.2 Å². The highest BCUT2D eigenvalue weighted by Crippen LogP contribution is 2.48. The van der Waals surface area contributed by atoms with Crippen molar-refractivity contribution in [3.8, 4) is 0 Å². The number of hydrogen-bond donors (Lipinski definition) is 1. The smallest absolute Gasteiger partial charge is 0.0531 e. The average molecular weight is 414 g/mol. The fraction of sp³-hybridized carbons (Fsp3) is 0.500. The molecule has 2 heteroatoms. The quantitative estimate of drug-likeness (QED) is 0.528. The lowest BCUT2D eigenvalue weighted by Gasteiger charge is -2.42. The molecule has 140 valence electrons. The Morgan fingerprint density at radius 2 is 1.35 bits per heavy atom. The number of benzene rings is 2. The summed E-state index contributed by atoms with van der Waals surface area (Å²) in [7, 11) is 0. The molecule has 0 bridgehead atoms. The Labute approximate surface area is 167 Å². The Bertz CT molecular complexity index is 807. The lowest BCUT2D eigenvalue weighted by atomic mass is 9.63. The van der Waals surface area contributed by atoms with Gasteiger partial charge in [0.1, 0.15) is 0 Å². The molecule has 1 N–H and O–H groups in total. The number of nitrogens with one attached hydrogen (secondary N) is 1. The summed E-state index contributed by atoms with van der Waals surface area (Å²) in [6.45, 7) is 16.2.